The molecule has 7 heteroatoms. The van der Waals surface area contributed by atoms with E-state index in [1.54, 1.807) is 12.1 Å². The van der Waals surface area contributed by atoms with Gasteiger partial charge in [-0.15, -0.1) is 0 Å². The quantitative estimate of drug-likeness (QED) is 0.741. The van der Waals surface area contributed by atoms with E-state index in [1.165, 1.54) is 17.7 Å². The lowest BCUT2D eigenvalue weighted by Gasteiger charge is -2.40. The van der Waals surface area contributed by atoms with E-state index in [4.69, 9.17) is 5.14 Å². The number of amides is 1. The predicted octanol–water partition coefficient (Wildman–Crippen LogP) is 1.66. The number of fused-ring (bicyclic) bond motifs is 1. The molecule has 2 aromatic carbocycles. The molecule has 2 aromatic rings. The number of nitrogens with one attached hydrogen (secondary N) is 1. The first-order valence-corrected chi connectivity index (χ1v) is 11.1. The van der Waals surface area contributed by atoms with E-state index in [2.05, 4.69) is 22.3 Å². The van der Waals surface area contributed by atoms with Crippen molar-refractivity contribution in [1.82, 2.24) is 10.2 Å². The minimum absolute atomic E-state index is 0.0993. The van der Waals surface area contributed by atoms with Crippen molar-refractivity contribution >= 4 is 15.9 Å². The molecule has 2 bridgehead atoms. The van der Waals surface area contributed by atoms with Crippen LogP contribution in [0.4, 0.5) is 0 Å². The summed E-state index contributed by atoms with van der Waals surface area (Å²) < 4.78 is 22.6. The van der Waals surface area contributed by atoms with Crippen molar-refractivity contribution in [2.75, 3.05) is 13.1 Å². The molecule has 6 nitrogen and oxygen atoms in total. The second-order valence-electron chi connectivity index (χ2n) is 7.87. The van der Waals surface area contributed by atoms with Crippen LogP contribution in [0.3, 0.4) is 0 Å². The Kier molecular flexibility index (Phi) is 4.99. The van der Waals surface area contributed by atoms with Gasteiger partial charge in [-0.05, 0) is 48.4 Å². The van der Waals surface area contributed by atoms with E-state index in [9.17, 15) is 13.2 Å². The first-order chi connectivity index (χ1) is 13.4. The van der Waals surface area contributed by atoms with Crippen LogP contribution < -0.4 is 10.5 Å². The summed E-state index contributed by atoms with van der Waals surface area (Å²) in [6.07, 6.45) is 2.53. The summed E-state index contributed by atoms with van der Waals surface area (Å²) in [5.41, 5.74) is 1.83. The van der Waals surface area contributed by atoms with Gasteiger partial charge in [-0.1, -0.05) is 42.5 Å². The van der Waals surface area contributed by atoms with Crippen molar-refractivity contribution in [3.8, 4) is 0 Å². The van der Waals surface area contributed by atoms with Gasteiger partial charge in [0.1, 0.15) is 5.54 Å². The summed E-state index contributed by atoms with van der Waals surface area (Å²) in [7, 11) is -3.67. The fourth-order valence-electron chi connectivity index (χ4n) is 4.45. The van der Waals surface area contributed by atoms with Crippen LogP contribution in [0.15, 0.2) is 59.5 Å². The second-order valence-corrected chi connectivity index (χ2v) is 9.43. The predicted molar refractivity (Wildman–Crippen MR) is 107 cm³/mol. The number of nitrogens with zero attached hydrogens (tertiary/aromatic N) is 1. The van der Waals surface area contributed by atoms with Crippen molar-refractivity contribution < 1.29 is 13.2 Å². The maximum absolute atomic E-state index is 12.9. The first kappa shape index (κ1) is 19.1. The summed E-state index contributed by atoms with van der Waals surface area (Å²) in [6, 6.07) is 16.8. The minimum Gasteiger partial charge on any atom is -0.354 e. The molecule has 2 heterocycles. The number of nitrogens with two attached hydrogens (primary N) is 1. The molecular formula is C21H25N3O3S. The third-order valence-corrected chi connectivity index (χ3v) is 6.86. The van der Waals surface area contributed by atoms with E-state index in [-0.39, 0.29) is 16.3 Å². The van der Waals surface area contributed by atoms with Crippen molar-refractivity contribution in [2.24, 2.45) is 11.1 Å². The molecule has 28 heavy (non-hydrogen) atoms. The minimum atomic E-state index is -3.67. The molecule has 2 aliphatic heterocycles. The van der Waals surface area contributed by atoms with Gasteiger partial charge in [0.2, 0.25) is 15.9 Å². The Bertz CT molecular complexity index is 952. The lowest BCUT2D eigenvalue weighted by molar-refractivity contribution is -0.134. The van der Waals surface area contributed by atoms with Gasteiger partial charge < -0.3 is 5.32 Å². The Balaban J connectivity index is 1.33. The van der Waals surface area contributed by atoms with Crippen LogP contribution in [0.5, 0.6) is 0 Å². The van der Waals surface area contributed by atoms with Gasteiger partial charge in [-0.2, -0.15) is 0 Å². The molecule has 1 amide bonds. The fraction of sp³-hybridized carbons (Fsp3) is 0.381. The second kappa shape index (κ2) is 7.31. The van der Waals surface area contributed by atoms with E-state index in [0.717, 1.165) is 31.5 Å². The molecule has 0 unspecified atom stereocenters. The third kappa shape index (κ3) is 3.70. The van der Waals surface area contributed by atoms with Crippen molar-refractivity contribution in [2.45, 2.75) is 36.2 Å². The van der Waals surface area contributed by atoms with Gasteiger partial charge in [-0.3, -0.25) is 9.69 Å². The maximum atomic E-state index is 12.9. The highest BCUT2D eigenvalue weighted by Gasteiger charge is 2.60. The molecule has 5 rings (SSSR count). The zero-order valence-electron chi connectivity index (χ0n) is 15.7. The van der Waals surface area contributed by atoms with Crippen LogP contribution in [0.1, 0.15) is 24.0 Å². The van der Waals surface area contributed by atoms with Crippen LogP contribution in [-0.2, 0) is 27.8 Å². The Morgan fingerprint density at radius 1 is 1.07 bits per heavy atom. The van der Waals surface area contributed by atoms with E-state index in [0.29, 0.717) is 18.9 Å². The van der Waals surface area contributed by atoms with Crippen molar-refractivity contribution in [3.63, 3.8) is 0 Å². The standard InChI is InChI=1S/C21H25N3O3S/c22-28(26,27)19-8-6-16(7-9-19)10-11-23-20(25)21-12-18(13-21)15-24(21)14-17-4-2-1-3-5-17/h1-9,18H,10-15H2,(H,23,25)(H2,22,26,27). The number of primary sulfonamides is 1. The van der Waals surface area contributed by atoms with Crippen molar-refractivity contribution in [1.29, 1.82) is 0 Å². The van der Waals surface area contributed by atoms with Gasteiger partial charge in [0.25, 0.3) is 0 Å². The molecule has 0 atom stereocenters. The lowest BCUT2D eigenvalue weighted by Crippen LogP contribution is -2.57. The SMILES string of the molecule is NS(=O)(=O)c1ccc(CCNC(=O)C23CC(CN2Cc2ccccc2)C3)cc1. The highest BCUT2D eigenvalue weighted by Crippen LogP contribution is 2.51. The number of carbonyl (C=O) groups excluding carboxylic acids is 1. The molecule has 0 radical (unpaired) electrons. The number of rotatable bonds is 7. The zero-order chi connectivity index (χ0) is 19.8. The Morgan fingerprint density at radius 2 is 1.75 bits per heavy atom. The summed E-state index contributed by atoms with van der Waals surface area (Å²) in [4.78, 5) is 15.4. The Morgan fingerprint density at radius 3 is 2.39 bits per heavy atom. The summed E-state index contributed by atoms with van der Waals surface area (Å²) in [5.74, 6) is 0.735. The highest BCUT2D eigenvalue weighted by atomic mass is 32.2. The molecule has 3 fully saturated rings. The monoisotopic (exact) mass is 399 g/mol. The van der Waals surface area contributed by atoms with Crippen LogP contribution in [0.2, 0.25) is 0 Å². The molecule has 0 aromatic heterocycles. The Labute approximate surface area is 165 Å². The van der Waals surface area contributed by atoms with Gasteiger partial charge in [0.15, 0.2) is 0 Å². The summed E-state index contributed by atoms with van der Waals surface area (Å²) >= 11 is 0. The number of sulfonamides is 1. The lowest BCUT2D eigenvalue weighted by atomic mass is 9.72. The zero-order valence-corrected chi connectivity index (χ0v) is 16.5. The first-order valence-electron chi connectivity index (χ1n) is 9.56. The molecule has 2 saturated heterocycles. The summed E-state index contributed by atoms with van der Waals surface area (Å²) in [5, 5.41) is 8.20. The topological polar surface area (TPSA) is 92.5 Å². The third-order valence-electron chi connectivity index (χ3n) is 5.93. The average molecular weight is 400 g/mol. The highest BCUT2D eigenvalue weighted by molar-refractivity contribution is 7.89. The molecular weight excluding hydrogens is 374 g/mol. The van der Waals surface area contributed by atoms with E-state index >= 15 is 0 Å². The van der Waals surface area contributed by atoms with Gasteiger partial charge in [-0.25, -0.2) is 13.6 Å². The van der Waals surface area contributed by atoms with E-state index < -0.39 is 10.0 Å². The van der Waals surface area contributed by atoms with Gasteiger partial charge >= 0.3 is 0 Å². The molecule has 148 valence electrons. The maximum Gasteiger partial charge on any atom is 0.240 e. The number of carbonyl (C=O) groups is 1. The largest absolute Gasteiger partial charge is 0.354 e. The molecule has 1 aliphatic carbocycles. The smallest absolute Gasteiger partial charge is 0.240 e. The number of hydrogen-bond donors (Lipinski definition) is 2. The van der Waals surface area contributed by atoms with Gasteiger partial charge in [0.05, 0.1) is 4.90 Å². The van der Waals surface area contributed by atoms with Crippen LogP contribution >= 0.6 is 0 Å². The molecule has 3 N–H and O–H groups in total. The molecule has 0 spiro atoms. The molecule has 1 saturated carbocycles. The normalized spacial score (nSPS) is 24.0. The van der Waals surface area contributed by atoms with E-state index in [1.807, 2.05) is 18.2 Å². The number of benzene rings is 2. The summed E-state index contributed by atoms with van der Waals surface area (Å²) in [6.45, 7) is 2.32. The average Bonchev–Trinajstić information content (AvgIpc) is 3.17. The molecule has 3 aliphatic rings. The van der Waals surface area contributed by atoms with Crippen LogP contribution in [0, 0.1) is 5.92 Å². The van der Waals surface area contributed by atoms with Gasteiger partial charge in [0, 0.05) is 19.6 Å². The Hall–Kier alpha value is -2.22. The number of hydrogen-bond acceptors (Lipinski definition) is 4. The van der Waals surface area contributed by atoms with Crippen molar-refractivity contribution in [3.05, 3.63) is 65.7 Å². The van der Waals surface area contributed by atoms with Crippen LogP contribution in [0.25, 0.3) is 0 Å². The van der Waals surface area contributed by atoms with Crippen LogP contribution in [-0.4, -0.2) is 37.9 Å². The fourth-order valence-corrected chi connectivity index (χ4v) is 4.96.